The molecule has 0 saturated heterocycles. The van der Waals surface area contributed by atoms with E-state index in [4.69, 9.17) is 14.2 Å². The van der Waals surface area contributed by atoms with Gasteiger partial charge in [-0.1, -0.05) is 32.0 Å². The molecule has 0 spiro atoms. The van der Waals surface area contributed by atoms with E-state index >= 15 is 0 Å². The molecule has 0 aromatic heterocycles. The summed E-state index contributed by atoms with van der Waals surface area (Å²) in [4.78, 5) is 25.2. The average Bonchev–Trinajstić information content (AvgIpc) is 2.87. The van der Waals surface area contributed by atoms with Crippen molar-refractivity contribution in [1.29, 1.82) is 0 Å². The van der Waals surface area contributed by atoms with Gasteiger partial charge in [0.05, 0.1) is 14.2 Å². The van der Waals surface area contributed by atoms with Crippen molar-refractivity contribution >= 4 is 23.2 Å². The molecule has 0 aliphatic heterocycles. The Balaban J connectivity index is 1.67. The van der Waals surface area contributed by atoms with Gasteiger partial charge in [0.15, 0.2) is 18.1 Å². The summed E-state index contributed by atoms with van der Waals surface area (Å²) >= 11 is 0. The largest absolute Gasteiger partial charge is 0.497 e. The summed E-state index contributed by atoms with van der Waals surface area (Å²) < 4.78 is 16.1. The molecule has 0 unspecified atom stereocenters. The van der Waals surface area contributed by atoms with Crippen molar-refractivity contribution in [3.63, 3.8) is 0 Å². The molecule has 34 heavy (non-hydrogen) atoms. The van der Waals surface area contributed by atoms with Crippen molar-refractivity contribution in [2.24, 2.45) is 0 Å². The van der Waals surface area contributed by atoms with E-state index in [0.29, 0.717) is 28.5 Å². The van der Waals surface area contributed by atoms with Gasteiger partial charge < -0.3 is 24.8 Å². The maximum absolute atomic E-state index is 13.0. The number of methoxy groups -OCH3 is 2. The summed E-state index contributed by atoms with van der Waals surface area (Å²) in [7, 11) is 3.07. The van der Waals surface area contributed by atoms with Crippen LogP contribution in [0.1, 0.15) is 35.3 Å². The number of anilines is 2. The molecule has 0 bridgehead atoms. The van der Waals surface area contributed by atoms with Crippen LogP contribution in [0.25, 0.3) is 0 Å². The lowest BCUT2D eigenvalue weighted by molar-refractivity contribution is -0.118. The number of carbonyl (C=O) groups is 2. The van der Waals surface area contributed by atoms with E-state index in [9.17, 15) is 9.59 Å². The number of aryl methyl sites for hydroxylation is 2. The molecule has 0 heterocycles. The summed E-state index contributed by atoms with van der Waals surface area (Å²) in [6.45, 7) is 3.91. The molecule has 178 valence electrons. The zero-order valence-corrected chi connectivity index (χ0v) is 19.9. The van der Waals surface area contributed by atoms with Gasteiger partial charge in [0.2, 0.25) is 0 Å². The topological polar surface area (TPSA) is 85.9 Å². The minimum atomic E-state index is -0.322. The predicted molar refractivity (Wildman–Crippen MR) is 133 cm³/mol. The molecule has 0 saturated carbocycles. The van der Waals surface area contributed by atoms with Gasteiger partial charge in [0.1, 0.15) is 5.75 Å². The Morgan fingerprint density at radius 2 is 1.47 bits per heavy atom. The minimum Gasteiger partial charge on any atom is -0.497 e. The Morgan fingerprint density at radius 1 is 0.794 bits per heavy atom. The van der Waals surface area contributed by atoms with Crippen LogP contribution in [0.3, 0.4) is 0 Å². The third kappa shape index (κ3) is 6.07. The standard InChI is InChI=1S/C27H30N2O5/c1-5-18-8-7-9-19(6-2)26(18)29-27(31)20-10-15-23(24(16-20)33-4)34-17-25(30)28-21-11-13-22(32-3)14-12-21/h7-16H,5-6,17H2,1-4H3,(H,28,30)(H,29,31). The first-order valence-electron chi connectivity index (χ1n) is 11.2. The van der Waals surface area contributed by atoms with E-state index in [0.717, 1.165) is 29.7 Å². The van der Waals surface area contributed by atoms with Crippen LogP contribution in [0, 0.1) is 0 Å². The molecule has 7 heteroatoms. The van der Waals surface area contributed by atoms with Gasteiger partial charge in [-0.05, 0) is 66.4 Å². The summed E-state index contributed by atoms with van der Waals surface area (Å²) in [6, 6.07) is 17.9. The van der Waals surface area contributed by atoms with Crippen molar-refractivity contribution in [1.82, 2.24) is 0 Å². The SMILES string of the molecule is CCc1cccc(CC)c1NC(=O)c1ccc(OCC(=O)Nc2ccc(OC)cc2)c(OC)c1. The van der Waals surface area contributed by atoms with E-state index < -0.39 is 0 Å². The van der Waals surface area contributed by atoms with Crippen LogP contribution in [0.15, 0.2) is 60.7 Å². The number of hydrogen-bond donors (Lipinski definition) is 2. The van der Waals surface area contributed by atoms with Crippen LogP contribution in [0.4, 0.5) is 11.4 Å². The maximum Gasteiger partial charge on any atom is 0.262 e. The highest BCUT2D eigenvalue weighted by atomic mass is 16.5. The molecular formula is C27H30N2O5. The molecule has 0 fully saturated rings. The molecule has 2 amide bonds. The maximum atomic E-state index is 13.0. The monoisotopic (exact) mass is 462 g/mol. The van der Waals surface area contributed by atoms with Crippen LogP contribution < -0.4 is 24.8 Å². The van der Waals surface area contributed by atoms with Gasteiger partial charge in [0, 0.05) is 16.9 Å². The molecule has 3 aromatic rings. The molecule has 0 aliphatic carbocycles. The highest BCUT2D eigenvalue weighted by Crippen LogP contribution is 2.29. The summed E-state index contributed by atoms with van der Waals surface area (Å²) in [5, 5.41) is 5.80. The van der Waals surface area contributed by atoms with E-state index in [-0.39, 0.29) is 18.4 Å². The fourth-order valence-corrected chi connectivity index (χ4v) is 3.53. The third-order valence-electron chi connectivity index (χ3n) is 5.40. The van der Waals surface area contributed by atoms with Gasteiger partial charge in [-0.2, -0.15) is 0 Å². The molecular weight excluding hydrogens is 432 g/mol. The second-order valence-electron chi connectivity index (χ2n) is 7.54. The van der Waals surface area contributed by atoms with Crippen LogP contribution in [0.5, 0.6) is 17.2 Å². The minimum absolute atomic E-state index is 0.211. The van der Waals surface area contributed by atoms with Gasteiger partial charge in [-0.15, -0.1) is 0 Å². The number of para-hydroxylation sites is 1. The second-order valence-corrected chi connectivity index (χ2v) is 7.54. The van der Waals surface area contributed by atoms with E-state index in [1.807, 2.05) is 18.2 Å². The van der Waals surface area contributed by atoms with E-state index in [1.165, 1.54) is 7.11 Å². The third-order valence-corrected chi connectivity index (χ3v) is 5.40. The molecule has 3 rings (SSSR count). The van der Waals surface area contributed by atoms with E-state index in [1.54, 1.807) is 49.6 Å². The number of ether oxygens (including phenoxy) is 3. The van der Waals surface area contributed by atoms with E-state index in [2.05, 4.69) is 24.5 Å². The molecule has 2 N–H and O–H groups in total. The van der Waals surface area contributed by atoms with Crippen molar-refractivity contribution in [2.75, 3.05) is 31.5 Å². The first-order valence-corrected chi connectivity index (χ1v) is 11.2. The second kappa shape index (κ2) is 11.7. The number of carbonyl (C=O) groups excluding carboxylic acids is 2. The van der Waals surface area contributed by atoms with Gasteiger partial charge in [0.25, 0.3) is 11.8 Å². The van der Waals surface area contributed by atoms with Gasteiger partial charge in [-0.3, -0.25) is 9.59 Å². The lowest BCUT2D eigenvalue weighted by Gasteiger charge is -2.16. The normalized spacial score (nSPS) is 10.4. The Bertz CT molecular complexity index is 1120. The molecule has 3 aromatic carbocycles. The Hall–Kier alpha value is -4.00. The summed E-state index contributed by atoms with van der Waals surface area (Å²) in [5.74, 6) is 0.874. The van der Waals surface area contributed by atoms with Crippen molar-refractivity contribution in [2.45, 2.75) is 26.7 Å². The zero-order chi connectivity index (χ0) is 24.5. The molecule has 0 atom stereocenters. The fourth-order valence-electron chi connectivity index (χ4n) is 3.53. The number of benzene rings is 3. The van der Waals surface area contributed by atoms with Gasteiger partial charge in [-0.25, -0.2) is 0 Å². The lowest BCUT2D eigenvalue weighted by Crippen LogP contribution is -2.20. The molecule has 0 aliphatic rings. The van der Waals surface area contributed by atoms with Crippen molar-refractivity contribution in [3.05, 3.63) is 77.4 Å². The number of nitrogens with one attached hydrogen (secondary N) is 2. The van der Waals surface area contributed by atoms with Crippen LogP contribution in [-0.2, 0) is 17.6 Å². The molecule has 7 nitrogen and oxygen atoms in total. The van der Waals surface area contributed by atoms with Crippen LogP contribution in [0.2, 0.25) is 0 Å². The Kier molecular flexibility index (Phi) is 8.51. The molecule has 0 radical (unpaired) electrons. The van der Waals surface area contributed by atoms with Gasteiger partial charge >= 0.3 is 0 Å². The smallest absolute Gasteiger partial charge is 0.262 e. The summed E-state index contributed by atoms with van der Waals surface area (Å²) in [6.07, 6.45) is 1.64. The van der Waals surface area contributed by atoms with Crippen molar-refractivity contribution < 1.29 is 23.8 Å². The fraction of sp³-hybridized carbons (Fsp3) is 0.259. The lowest BCUT2D eigenvalue weighted by atomic mass is 10.0. The van der Waals surface area contributed by atoms with Crippen molar-refractivity contribution in [3.8, 4) is 17.2 Å². The predicted octanol–water partition coefficient (Wildman–Crippen LogP) is 5.10. The van der Waals surface area contributed by atoms with Crippen LogP contribution in [-0.4, -0.2) is 32.6 Å². The van der Waals surface area contributed by atoms with Crippen LogP contribution >= 0.6 is 0 Å². The Labute approximate surface area is 200 Å². The number of amides is 2. The number of hydrogen-bond acceptors (Lipinski definition) is 5. The highest BCUT2D eigenvalue weighted by Gasteiger charge is 2.15. The highest BCUT2D eigenvalue weighted by molar-refractivity contribution is 6.05. The first-order chi connectivity index (χ1) is 16.5. The quantitative estimate of drug-likeness (QED) is 0.438. The average molecular weight is 463 g/mol. The summed E-state index contributed by atoms with van der Waals surface area (Å²) in [5.41, 5.74) is 4.09. The Morgan fingerprint density at radius 3 is 2.06 bits per heavy atom. The zero-order valence-electron chi connectivity index (χ0n) is 19.9. The first kappa shape index (κ1) is 24.6. The number of rotatable bonds is 10.